The van der Waals surface area contributed by atoms with Crippen molar-refractivity contribution in [3.8, 4) is 5.75 Å². The van der Waals surface area contributed by atoms with Gasteiger partial charge in [-0.1, -0.05) is 36.4 Å². The topological polar surface area (TPSA) is 84.3 Å². The fraction of sp³-hybridized carbons (Fsp3) is 0. The van der Waals surface area contributed by atoms with Crippen molar-refractivity contribution in [1.29, 1.82) is 0 Å². The summed E-state index contributed by atoms with van der Waals surface area (Å²) in [4.78, 5) is 2.44. The number of azide groups is 1. The molecule has 0 amide bonds. The summed E-state index contributed by atoms with van der Waals surface area (Å²) in [6, 6.07) is 16.8. The maximum absolute atomic E-state index is 12.6. The first-order chi connectivity index (χ1) is 9.24. The summed E-state index contributed by atoms with van der Waals surface area (Å²) in [5.74, 6) is 0.364. The SMILES string of the molecule is [N-]=[N+]=NOP(=O)(Oc1ccccc1)c1ccccc1. The summed E-state index contributed by atoms with van der Waals surface area (Å²) in [7, 11) is -3.73. The molecule has 0 spiro atoms. The number of rotatable bonds is 5. The maximum Gasteiger partial charge on any atom is 0.468 e. The predicted molar refractivity (Wildman–Crippen MR) is 71.0 cm³/mol. The molecule has 2 aromatic rings. The maximum atomic E-state index is 12.6. The molecule has 0 heterocycles. The number of nitrogens with zero attached hydrogens (tertiary/aromatic N) is 3. The third-order valence-electron chi connectivity index (χ3n) is 2.22. The van der Waals surface area contributed by atoms with Gasteiger partial charge in [-0.25, -0.2) is 4.57 Å². The van der Waals surface area contributed by atoms with E-state index in [1.807, 2.05) is 0 Å². The van der Waals surface area contributed by atoms with E-state index >= 15 is 0 Å². The van der Waals surface area contributed by atoms with Gasteiger partial charge in [-0.15, -0.1) is 0 Å². The first-order valence-electron chi connectivity index (χ1n) is 5.38. The molecule has 0 radical (unpaired) electrons. The van der Waals surface area contributed by atoms with Crippen LogP contribution in [0.4, 0.5) is 0 Å². The smallest absolute Gasteiger partial charge is 0.413 e. The minimum Gasteiger partial charge on any atom is -0.413 e. The molecular formula is C12H10N3O3P. The Kier molecular flexibility index (Phi) is 4.08. The number of hydrogen-bond acceptors (Lipinski definition) is 4. The van der Waals surface area contributed by atoms with Gasteiger partial charge >= 0.3 is 7.60 Å². The number of para-hydroxylation sites is 1. The van der Waals surface area contributed by atoms with Crippen LogP contribution in [0.3, 0.4) is 0 Å². The van der Waals surface area contributed by atoms with Gasteiger partial charge in [-0.3, -0.25) is 0 Å². The lowest BCUT2D eigenvalue weighted by molar-refractivity contribution is 0.283. The standard InChI is InChI=1S/C12H10N3O3P/c13-14-15-18-19(16,12-9-5-2-6-10-12)17-11-7-3-1-4-8-11/h1-10H. The first kappa shape index (κ1) is 13.0. The molecule has 1 atom stereocenters. The second-order valence-electron chi connectivity index (χ2n) is 3.49. The molecule has 0 saturated carbocycles. The van der Waals surface area contributed by atoms with Gasteiger partial charge < -0.3 is 9.15 Å². The Morgan fingerprint density at radius 3 is 2.16 bits per heavy atom. The molecule has 19 heavy (non-hydrogen) atoms. The van der Waals surface area contributed by atoms with Crippen molar-refractivity contribution in [2.75, 3.05) is 0 Å². The van der Waals surface area contributed by atoms with Crippen LogP contribution in [0, 0.1) is 0 Å². The van der Waals surface area contributed by atoms with Gasteiger partial charge in [0.15, 0.2) is 0 Å². The van der Waals surface area contributed by atoms with Crippen molar-refractivity contribution in [1.82, 2.24) is 0 Å². The van der Waals surface area contributed by atoms with Crippen LogP contribution in [0.25, 0.3) is 10.4 Å². The second-order valence-corrected chi connectivity index (χ2v) is 5.35. The molecule has 96 valence electrons. The van der Waals surface area contributed by atoms with E-state index in [9.17, 15) is 4.57 Å². The van der Waals surface area contributed by atoms with Crippen molar-refractivity contribution in [3.63, 3.8) is 0 Å². The van der Waals surface area contributed by atoms with Crippen molar-refractivity contribution in [2.45, 2.75) is 0 Å². The fourth-order valence-corrected chi connectivity index (χ4v) is 2.71. The summed E-state index contributed by atoms with van der Waals surface area (Å²) in [5.41, 5.74) is 8.30. The van der Waals surface area contributed by atoms with Crippen molar-refractivity contribution >= 4 is 12.9 Å². The molecule has 0 N–H and O–H groups in total. The van der Waals surface area contributed by atoms with Crippen molar-refractivity contribution in [3.05, 3.63) is 71.1 Å². The van der Waals surface area contributed by atoms with Gasteiger partial charge in [0, 0.05) is 4.91 Å². The number of benzene rings is 2. The van der Waals surface area contributed by atoms with Gasteiger partial charge in [0.05, 0.1) is 5.30 Å². The Hall–Kier alpha value is -2.42. The minimum atomic E-state index is -3.73. The third kappa shape index (κ3) is 3.28. The van der Waals surface area contributed by atoms with Crippen LogP contribution in [-0.4, -0.2) is 0 Å². The molecular weight excluding hydrogens is 265 g/mol. The Morgan fingerprint density at radius 2 is 1.58 bits per heavy atom. The highest BCUT2D eigenvalue weighted by Crippen LogP contribution is 2.47. The van der Waals surface area contributed by atoms with E-state index in [1.54, 1.807) is 60.7 Å². The van der Waals surface area contributed by atoms with E-state index < -0.39 is 7.60 Å². The molecule has 0 aliphatic heterocycles. The first-order valence-corrected chi connectivity index (χ1v) is 6.92. The molecule has 0 aliphatic carbocycles. The lowest BCUT2D eigenvalue weighted by Gasteiger charge is -2.16. The van der Waals surface area contributed by atoms with Gasteiger partial charge in [0.1, 0.15) is 11.0 Å². The summed E-state index contributed by atoms with van der Waals surface area (Å²) >= 11 is 0. The van der Waals surface area contributed by atoms with E-state index in [1.165, 1.54) is 0 Å². The molecule has 2 rings (SSSR count). The zero-order chi connectivity index (χ0) is 13.6. The van der Waals surface area contributed by atoms with Gasteiger partial charge in [0.2, 0.25) is 0 Å². The highest BCUT2D eigenvalue weighted by molar-refractivity contribution is 7.62. The van der Waals surface area contributed by atoms with E-state index in [2.05, 4.69) is 10.2 Å². The second kappa shape index (κ2) is 5.96. The summed E-state index contributed by atoms with van der Waals surface area (Å²) < 4.78 is 22.7. The summed E-state index contributed by atoms with van der Waals surface area (Å²) in [5, 5.41) is 3.22. The molecule has 0 aliphatic rings. The Balaban J connectivity index is 2.35. The van der Waals surface area contributed by atoms with Crippen LogP contribution in [0.15, 0.2) is 65.9 Å². The van der Waals surface area contributed by atoms with E-state index in [-0.39, 0.29) is 0 Å². The molecule has 2 aromatic carbocycles. The Morgan fingerprint density at radius 1 is 1.00 bits per heavy atom. The van der Waals surface area contributed by atoms with Crippen LogP contribution in [0.2, 0.25) is 0 Å². The lowest BCUT2D eigenvalue weighted by Crippen LogP contribution is -2.10. The lowest BCUT2D eigenvalue weighted by atomic mass is 10.3. The van der Waals surface area contributed by atoms with Crippen molar-refractivity contribution in [2.24, 2.45) is 5.28 Å². The van der Waals surface area contributed by atoms with Crippen molar-refractivity contribution < 1.29 is 13.7 Å². The van der Waals surface area contributed by atoms with Crippen LogP contribution < -0.4 is 9.83 Å². The Labute approximate surface area is 109 Å². The highest BCUT2D eigenvalue weighted by atomic mass is 31.2. The largest absolute Gasteiger partial charge is 0.468 e. The number of hydrogen-bond donors (Lipinski definition) is 0. The quantitative estimate of drug-likeness (QED) is 0.273. The van der Waals surface area contributed by atoms with Gasteiger partial charge in [-0.05, 0) is 29.8 Å². The summed E-state index contributed by atoms with van der Waals surface area (Å²) in [6.07, 6.45) is 0. The molecule has 7 heteroatoms. The molecule has 6 nitrogen and oxygen atoms in total. The Bertz CT molecular complexity index is 627. The van der Waals surface area contributed by atoms with E-state index in [0.717, 1.165) is 0 Å². The van der Waals surface area contributed by atoms with Gasteiger partial charge in [0.25, 0.3) is 0 Å². The molecule has 1 unspecified atom stereocenters. The van der Waals surface area contributed by atoms with E-state index in [4.69, 9.17) is 14.7 Å². The average Bonchev–Trinajstić information content (AvgIpc) is 2.47. The summed E-state index contributed by atoms with van der Waals surface area (Å²) in [6.45, 7) is 0. The van der Waals surface area contributed by atoms with Gasteiger partial charge in [-0.2, -0.15) is 0 Å². The zero-order valence-corrected chi connectivity index (χ0v) is 10.7. The zero-order valence-electron chi connectivity index (χ0n) is 9.79. The molecule has 0 bridgehead atoms. The monoisotopic (exact) mass is 275 g/mol. The fourth-order valence-electron chi connectivity index (χ4n) is 1.41. The normalized spacial score (nSPS) is 12.8. The molecule has 0 saturated heterocycles. The minimum absolute atomic E-state index is 0.311. The molecule has 0 fully saturated rings. The third-order valence-corrected chi connectivity index (χ3v) is 3.89. The van der Waals surface area contributed by atoms with Crippen LogP contribution in [-0.2, 0) is 9.19 Å². The predicted octanol–water partition coefficient (Wildman–Crippen LogP) is 3.83. The van der Waals surface area contributed by atoms with Crippen LogP contribution in [0.1, 0.15) is 0 Å². The van der Waals surface area contributed by atoms with E-state index in [0.29, 0.717) is 11.1 Å². The molecule has 0 aromatic heterocycles. The highest BCUT2D eigenvalue weighted by Gasteiger charge is 2.30. The average molecular weight is 275 g/mol. The van der Waals surface area contributed by atoms with Crippen LogP contribution >= 0.6 is 7.60 Å². The van der Waals surface area contributed by atoms with Crippen LogP contribution in [0.5, 0.6) is 5.75 Å².